The zero-order valence-electron chi connectivity index (χ0n) is 18.2. The summed E-state index contributed by atoms with van der Waals surface area (Å²) in [4.78, 5) is 19.8. The third kappa shape index (κ3) is 3.46. The van der Waals surface area contributed by atoms with Crippen LogP contribution < -0.4 is 19.1 Å². The van der Waals surface area contributed by atoms with E-state index in [9.17, 15) is 4.79 Å². The van der Waals surface area contributed by atoms with Crippen molar-refractivity contribution in [1.82, 2.24) is 9.55 Å². The summed E-state index contributed by atoms with van der Waals surface area (Å²) in [6, 6.07) is 21.8. The minimum absolute atomic E-state index is 0.00595. The van der Waals surface area contributed by atoms with Gasteiger partial charge in [0.2, 0.25) is 12.7 Å². The standard InChI is InChI=1S/C26H23N3O4/c1-31-20-9-6-17(7-10-20)14-29-22-5-3-2-4-21(22)27-26(29)18-12-25(30)28(15-18)19-8-11-23-24(13-19)33-16-32-23/h2-11,13,18H,12,14-16H2,1H3. The van der Waals surface area contributed by atoms with Crippen molar-refractivity contribution in [3.05, 3.63) is 78.1 Å². The number of aromatic nitrogens is 2. The summed E-state index contributed by atoms with van der Waals surface area (Å²) in [5.41, 5.74) is 3.98. The molecule has 1 saturated heterocycles. The number of carbonyl (C=O) groups is 1. The zero-order valence-corrected chi connectivity index (χ0v) is 18.2. The van der Waals surface area contributed by atoms with Gasteiger partial charge in [0, 0.05) is 37.2 Å². The van der Waals surface area contributed by atoms with Gasteiger partial charge in [-0.1, -0.05) is 24.3 Å². The van der Waals surface area contributed by atoms with Crippen molar-refractivity contribution in [1.29, 1.82) is 0 Å². The first-order chi connectivity index (χ1) is 16.2. The van der Waals surface area contributed by atoms with Crippen LogP contribution in [0.3, 0.4) is 0 Å². The third-order valence-electron chi connectivity index (χ3n) is 6.34. The predicted octanol–water partition coefficient (Wildman–Crippen LogP) is 4.34. The molecule has 0 bridgehead atoms. The number of carbonyl (C=O) groups excluding carboxylic acids is 1. The van der Waals surface area contributed by atoms with Crippen molar-refractivity contribution in [2.45, 2.75) is 18.9 Å². The smallest absolute Gasteiger partial charge is 0.231 e. The highest BCUT2D eigenvalue weighted by atomic mass is 16.7. The molecule has 2 aliphatic rings. The number of ether oxygens (including phenoxy) is 3. The minimum Gasteiger partial charge on any atom is -0.497 e. The van der Waals surface area contributed by atoms with Gasteiger partial charge in [0.15, 0.2) is 11.5 Å². The van der Waals surface area contributed by atoms with E-state index in [2.05, 4.69) is 22.8 Å². The molecule has 1 aromatic heterocycles. The monoisotopic (exact) mass is 441 g/mol. The largest absolute Gasteiger partial charge is 0.497 e. The van der Waals surface area contributed by atoms with E-state index >= 15 is 0 Å². The van der Waals surface area contributed by atoms with Crippen LogP contribution in [0.1, 0.15) is 23.7 Å². The number of rotatable bonds is 5. The molecule has 1 atom stereocenters. The summed E-state index contributed by atoms with van der Waals surface area (Å²) in [5, 5.41) is 0. The van der Waals surface area contributed by atoms with Crippen LogP contribution in [0.5, 0.6) is 17.2 Å². The van der Waals surface area contributed by atoms with Gasteiger partial charge >= 0.3 is 0 Å². The number of methoxy groups -OCH3 is 1. The second-order valence-corrected chi connectivity index (χ2v) is 8.34. The van der Waals surface area contributed by atoms with Gasteiger partial charge in [-0.2, -0.15) is 0 Å². The number of imidazole rings is 1. The lowest BCUT2D eigenvalue weighted by Crippen LogP contribution is -2.24. The summed E-state index contributed by atoms with van der Waals surface area (Å²) < 4.78 is 18.4. The lowest BCUT2D eigenvalue weighted by atomic mass is 10.1. The van der Waals surface area contributed by atoms with Crippen LogP contribution in [-0.2, 0) is 11.3 Å². The van der Waals surface area contributed by atoms with E-state index in [1.165, 1.54) is 0 Å². The molecule has 0 aliphatic carbocycles. The van der Waals surface area contributed by atoms with E-state index in [4.69, 9.17) is 19.2 Å². The summed E-state index contributed by atoms with van der Waals surface area (Å²) in [6.45, 7) is 1.46. The Morgan fingerprint density at radius 1 is 1.03 bits per heavy atom. The molecule has 7 nitrogen and oxygen atoms in total. The molecular formula is C26H23N3O4. The van der Waals surface area contributed by atoms with E-state index in [1.54, 1.807) is 7.11 Å². The number of hydrogen-bond donors (Lipinski definition) is 0. The van der Waals surface area contributed by atoms with Gasteiger partial charge in [0.05, 0.1) is 18.1 Å². The average Bonchev–Trinajstić information content (AvgIpc) is 3.56. The third-order valence-corrected chi connectivity index (χ3v) is 6.34. The molecule has 2 aliphatic heterocycles. The quantitative estimate of drug-likeness (QED) is 0.461. The van der Waals surface area contributed by atoms with E-state index in [0.29, 0.717) is 31.0 Å². The second kappa shape index (κ2) is 7.85. The Morgan fingerprint density at radius 3 is 2.70 bits per heavy atom. The predicted molar refractivity (Wildman–Crippen MR) is 124 cm³/mol. The van der Waals surface area contributed by atoms with E-state index in [1.807, 2.05) is 53.4 Å². The molecule has 1 amide bonds. The molecule has 1 fully saturated rings. The topological polar surface area (TPSA) is 65.8 Å². The Labute approximate surface area is 191 Å². The molecule has 166 valence electrons. The Hall–Kier alpha value is -4.00. The first kappa shape index (κ1) is 19.7. The van der Waals surface area contributed by atoms with Gasteiger partial charge < -0.3 is 23.7 Å². The summed E-state index contributed by atoms with van der Waals surface area (Å²) in [5.74, 6) is 3.23. The lowest BCUT2D eigenvalue weighted by molar-refractivity contribution is -0.117. The van der Waals surface area contributed by atoms with Gasteiger partial charge in [-0.05, 0) is 42.0 Å². The molecule has 0 N–H and O–H groups in total. The summed E-state index contributed by atoms with van der Waals surface area (Å²) >= 11 is 0. The number of hydrogen-bond acceptors (Lipinski definition) is 5. The highest BCUT2D eigenvalue weighted by Gasteiger charge is 2.35. The highest BCUT2D eigenvalue weighted by molar-refractivity contribution is 5.97. The Morgan fingerprint density at radius 2 is 1.85 bits per heavy atom. The van der Waals surface area contributed by atoms with Gasteiger partial charge in [0.25, 0.3) is 0 Å². The number of nitrogens with zero attached hydrogens (tertiary/aromatic N) is 3. The van der Waals surface area contributed by atoms with Crippen molar-refractivity contribution >= 4 is 22.6 Å². The van der Waals surface area contributed by atoms with Crippen LogP contribution in [0, 0.1) is 0 Å². The number of benzene rings is 3. The fraction of sp³-hybridized carbons (Fsp3) is 0.231. The van der Waals surface area contributed by atoms with Crippen LogP contribution in [0.25, 0.3) is 11.0 Å². The number of amides is 1. The van der Waals surface area contributed by atoms with Crippen molar-refractivity contribution in [2.24, 2.45) is 0 Å². The van der Waals surface area contributed by atoms with Gasteiger partial charge in [-0.15, -0.1) is 0 Å². The van der Waals surface area contributed by atoms with Crippen molar-refractivity contribution in [3.8, 4) is 17.2 Å². The highest BCUT2D eigenvalue weighted by Crippen LogP contribution is 2.39. The molecule has 0 spiro atoms. The SMILES string of the molecule is COc1ccc(Cn2c(C3CC(=O)N(c4ccc5c(c4)OCO5)C3)nc3ccccc32)cc1. The molecule has 0 saturated carbocycles. The summed E-state index contributed by atoms with van der Waals surface area (Å²) in [6.07, 6.45) is 0.417. The maximum atomic E-state index is 13.0. The van der Waals surface area contributed by atoms with Crippen molar-refractivity contribution < 1.29 is 19.0 Å². The first-order valence-electron chi connectivity index (χ1n) is 11.0. The average molecular weight is 441 g/mol. The van der Waals surface area contributed by atoms with Crippen molar-refractivity contribution in [2.75, 3.05) is 25.3 Å². The fourth-order valence-corrected chi connectivity index (χ4v) is 4.67. The molecule has 0 radical (unpaired) electrons. The molecule has 6 rings (SSSR count). The van der Waals surface area contributed by atoms with Gasteiger partial charge in [-0.3, -0.25) is 4.79 Å². The zero-order chi connectivity index (χ0) is 22.4. The van der Waals surface area contributed by atoms with Gasteiger partial charge in [0.1, 0.15) is 11.6 Å². The van der Waals surface area contributed by atoms with Crippen LogP contribution in [0.4, 0.5) is 5.69 Å². The van der Waals surface area contributed by atoms with Gasteiger partial charge in [-0.25, -0.2) is 4.98 Å². The molecule has 1 unspecified atom stereocenters. The molecule has 4 aromatic rings. The van der Waals surface area contributed by atoms with Crippen LogP contribution in [0.2, 0.25) is 0 Å². The van der Waals surface area contributed by atoms with Crippen LogP contribution in [-0.4, -0.2) is 35.9 Å². The molecule has 33 heavy (non-hydrogen) atoms. The van der Waals surface area contributed by atoms with E-state index < -0.39 is 0 Å². The molecule has 3 aromatic carbocycles. The Bertz CT molecular complexity index is 1350. The molecular weight excluding hydrogens is 418 g/mol. The minimum atomic E-state index is -0.00595. The van der Waals surface area contributed by atoms with Crippen molar-refractivity contribution in [3.63, 3.8) is 0 Å². The molecule has 7 heteroatoms. The maximum absolute atomic E-state index is 13.0. The normalized spacial score (nSPS) is 17.2. The van der Waals surface area contributed by atoms with Crippen LogP contribution in [0.15, 0.2) is 66.7 Å². The summed E-state index contributed by atoms with van der Waals surface area (Å²) in [7, 11) is 1.67. The van der Waals surface area contributed by atoms with E-state index in [0.717, 1.165) is 33.9 Å². The number of para-hydroxylation sites is 2. The Kier molecular flexibility index (Phi) is 4.68. The van der Waals surface area contributed by atoms with E-state index in [-0.39, 0.29) is 18.6 Å². The maximum Gasteiger partial charge on any atom is 0.231 e. The fourth-order valence-electron chi connectivity index (χ4n) is 4.67. The van der Waals surface area contributed by atoms with Crippen LogP contribution >= 0.6 is 0 Å². The Balaban J connectivity index is 1.34. The number of anilines is 1. The number of fused-ring (bicyclic) bond motifs is 2. The molecule has 3 heterocycles. The first-order valence-corrected chi connectivity index (χ1v) is 11.0. The second-order valence-electron chi connectivity index (χ2n) is 8.34. The lowest BCUT2D eigenvalue weighted by Gasteiger charge is -2.18.